The number of thioether (sulfide) groups is 1. The van der Waals surface area contributed by atoms with Crippen LogP contribution in [0, 0.1) is 0 Å². The van der Waals surface area contributed by atoms with Crippen molar-refractivity contribution in [1.29, 1.82) is 0 Å². The summed E-state index contributed by atoms with van der Waals surface area (Å²) in [5.74, 6) is 2.26. The number of nitrogens with one attached hydrogen (secondary N) is 1. The molecule has 3 nitrogen and oxygen atoms in total. The highest BCUT2D eigenvalue weighted by atomic mass is 32.2. The van der Waals surface area contributed by atoms with Crippen LogP contribution in [-0.2, 0) is 13.5 Å². The third-order valence-electron chi connectivity index (χ3n) is 3.32. The van der Waals surface area contributed by atoms with Crippen LogP contribution >= 0.6 is 11.8 Å². The molecule has 1 N–H and O–H groups in total. The van der Waals surface area contributed by atoms with Gasteiger partial charge in [0.15, 0.2) is 0 Å². The minimum atomic E-state index is 0.530. The Bertz CT molecular complexity index is 495. The van der Waals surface area contributed by atoms with E-state index in [0.29, 0.717) is 6.04 Å². The van der Waals surface area contributed by atoms with E-state index in [-0.39, 0.29) is 0 Å². The van der Waals surface area contributed by atoms with Crippen LogP contribution in [0.2, 0.25) is 0 Å². The number of hydrogen-bond donors (Lipinski definition) is 1. The average molecular weight is 289 g/mol. The van der Waals surface area contributed by atoms with Gasteiger partial charge >= 0.3 is 0 Å². The van der Waals surface area contributed by atoms with Crippen LogP contribution in [0.5, 0.6) is 0 Å². The zero-order valence-corrected chi connectivity index (χ0v) is 13.1. The first-order chi connectivity index (χ1) is 9.79. The molecule has 0 amide bonds. The summed E-state index contributed by atoms with van der Waals surface area (Å²) in [6, 6.07) is 11.1. The van der Waals surface area contributed by atoms with Gasteiger partial charge in [-0.1, -0.05) is 25.1 Å². The predicted octanol–water partition coefficient (Wildman–Crippen LogP) is 3.12. The summed E-state index contributed by atoms with van der Waals surface area (Å²) in [4.78, 5) is 5.73. The summed E-state index contributed by atoms with van der Waals surface area (Å²) in [6.45, 7) is 3.18. The van der Waals surface area contributed by atoms with Gasteiger partial charge in [-0.3, -0.25) is 0 Å². The van der Waals surface area contributed by atoms with Crippen molar-refractivity contribution in [3.63, 3.8) is 0 Å². The Morgan fingerprint density at radius 1 is 1.30 bits per heavy atom. The van der Waals surface area contributed by atoms with Crippen molar-refractivity contribution >= 4 is 11.8 Å². The van der Waals surface area contributed by atoms with Crippen LogP contribution in [0.1, 0.15) is 19.2 Å². The molecule has 4 heteroatoms. The zero-order chi connectivity index (χ0) is 14.2. The monoisotopic (exact) mass is 289 g/mol. The topological polar surface area (TPSA) is 29.9 Å². The molecule has 0 bridgehead atoms. The largest absolute Gasteiger partial charge is 0.338 e. The second kappa shape index (κ2) is 8.12. The van der Waals surface area contributed by atoms with Gasteiger partial charge in [-0.25, -0.2) is 4.98 Å². The van der Waals surface area contributed by atoms with E-state index in [9.17, 15) is 0 Å². The fourth-order valence-electron chi connectivity index (χ4n) is 2.19. The van der Waals surface area contributed by atoms with Crippen molar-refractivity contribution < 1.29 is 0 Å². The van der Waals surface area contributed by atoms with E-state index in [2.05, 4.69) is 59.2 Å². The SMILES string of the molecule is CCNC(CCc1nccn1C)CSc1ccccc1. The van der Waals surface area contributed by atoms with Gasteiger partial charge in [0, 0.05) is 42.6 Å². The highest BCUT2D eigenvalue weighted by Crippen LogP contribution is 2.19. The Balaban J connectivity index is 1.82. The normalized spacial score (nSPS) is 12.5. The quantitative estimate of drug-likeness (QED) is 0.757. The second-order valence-corrected chi connectivity index (χ2v) is 5.97. The van der Waals surface area contributed by atoms with E-state index in [0.717, 1.165) is 31.0 Å². The number of rotatable bonds is 8. The summed E-state index contributed by atoms with van der Waals surface area (Å²) >= 11 is 1.92. The lowest BCUT2D eigenvalue weighted by Gasteiger charge is -2.17. The maximum Gasteiger partial charge on any atom is 0.108 e. The van der Waals surface area contributed by atoms with Crippen molar-refractivity contribution in [2.75, 3.05) is 12.3 Å². The van der Waals surface area contributed by atoms with Crippen molar-refractivity contribution in [2.45, 2.75) is 30.7 Å². The molecule has 1 aromatic heterocycles. The van der Waals surface area contributed by atoms with Gasteiger partial charge in [-0.2, -0.15) is 0 Å². The van der Waals surface area contributed by atoms with Crippen molar-refractivity contribution in [3.8, 4) is 0 Å². The van der Waals surface area contributed by atoms with Crippen LogP contribution in [0.25, 0.3) is 0 Å². The van der Waals surface area contributed by atoms with Gasteiger partial charge in [0.25, 0.3) is 0 Å². The highest BCUT2D eigenvalue weighted by Gasteiger charge is 2.10. The van der Waals surface area contributed by atoms with E-state index >= 15 is 0 Å². The molecule has 0 fully saturated rings. The van der Waals surface area contributed by atoms with Crippen molar-refractivity contribution in [3.05, 3.63) is 48.5 Å². The smallest absolute Gasteiger partial charge is 0.108 e. The Hall–Kier alpha value is -1.26. The van der Waals surface area contributed by atoms with Gasteiger partial charge in [-0.15, -0.1) is 11.8 Å². The summed E-state index contributed by atoms with van der Waals surface area (Å²) in [6.07, 6.45) is 6.03. The third-order valence-corrected chi connectivity index (χ3v) is 4.50. The van der Waals surface area contributed by atoms with E-state index in [1.54, 1.807) is 0 Å². The molecule has 0 aliphatic heterocycles. The van der Waals surface area contributed by atoms with E-state index in [4.69, 9.17) is 0 Å². The molecule has 2 rings (SSSR count). The molecular formula is C16H23N3S. The zero-order valence-electron chi connectivity index (χ0n) is 12.2. The van der Waals surface area contributed by atoms with Crippen molar-refractivity contribution in [2.24, 2.45) is 7.05 Å². The van der Waals surface area contributed by atoms with Crippen LogP contribution in [0.3, 0.4) is 0 Å². The maximum atomic E-state index is 4.39. The fourth-order valence-corrected chi connectivity index (χ4v) is 3.21. The lowest BCUT2D eigenvalue weighted by Crippen LogP contribution is -2.31. The minimum absolute atomic E-state index is 0.530. The summed E-state index contributed by atoms with van der Waals surface area (Å²) in [5.41, 5.74) is 0. The van der Waals surface area contributed by atoms with Gasteiger partial charge in [0.2, 0.25) is 0 Å². The molecule has 1 atom stereocenters. The van der Waals surface area contributed by atoms with E-state index in [1.165, 1.54) is 4.90 Å². The molecule has 1 aromatic carbocycles. The summed E-state index contributed by atoms with van der Waals surface area (Å²) in [7, 11) is 2.06. The van der Waals surface area contributed by atoms with Crippen LogP contribution in [-0.4, -0.2) is 27.9 Å². The van der Waals surface area contributed by atoms with Crippen LogP contribution < -0.4 is 5.32 Å². The number of aromatic nitrogens is 2. The number of benzene rings is 1. The number of aryl methyl sites for hydroxylation is 2. The molecule has 1 unspecified atom stereocenters. The molecule has 0 aliphatic carbocycles. The Morgan fingerprint density at radius 3 is 2.75 bits per heavy atom. The molecule has 0 saturated heterocycles. The number of nitrogens with zero attached hydrogens (tertiary/aromatic N) is 2. The summed E-state index contributed by atoms with van der Waals surface area (Å²) < 4.78 is 2.10. The molecule has 1 heterocycles. The number of imidazole rings is 1. The molecule has 0 aliphatic rings. The average Bonchev–Trinajstić information content (AvgIpc) is 2.88. The van der Waals surface area contributed by atoms with Gasteiger partial charge in [-0.05, 0) is 25.1 Å². The van der Waals surface area contributed by atoms with E-state index < -0.39 is 0 Å². The standard InChI is InChI=1S/C16H23N3S/c1-3-17-14(9-10-16-18-11-12-19(16)2)13-20-15-7-5-4-6-8-15/h4-8,11-12,14,17H,3,9-10,13H2,1-2H3. The highest BCUT2D eigenvalue weighted by molar-refractivity contribution is 7.99. The maximum absolute atomic E-state index is 4.39. The fraction of sp³-hybridized carbons (Fsp3) is 0.438. The second-order valence-electron chi connectivity index (χ2n) is 4.87. The Labute approximate surface area is 125 Å². The molecule has 20 heavy (non-hydrogen) atoms. The van der Waals surface area contributed by atoms with Gasteiger partial charge < -0.3 is 9.88 Å². The lowest BCUT2D eigenvalue weighted by atomic mass is 10.2. The van der Waals surface area contributed by atoms with Gasteiger partial charge in [0.1, 0.15) is 5.82 Å². The Kier molecular flexibility index (Phi) is 6.15. The minimum Gasteiger partial charge on any atom is -0.338 e. The first kappa shape index (κ1) is 15.1. The molecule has 0 spiro atoms. The van der Waals surface area contributed by atoms with E-state index in [1.807, 2.05) is 24.2 Å². The molecule has 2 aromatic rings. The Morgan fingerprint density at radius 2 is 2.10 bits per heavy atom. The van der Waals surface area contributed by atoms with Crippen LogP contribution in [0.15, 0.2) is 47.6 Å². The third kappa shape index (κ3) is 4.69. The van der Waals surface area contributed by atoms with Crippen molar-refractivity contribution in [1.82, 2.24) is 14.9 Å². The number of hydrogen-bond acceptors (Lipinski definition) is 3. The molecule has 0 radical (unpaired) electrons. The first-order valence-corrected chi connectivity index (χ1v) is 8.15. The van der Waals surface area contributed by atoms with Gasteiger partial charge in [0.05, 0.1) is 0 Å². The first-order valence-electron chi connectivity index (χ1n) is 7.17. The lowest BCUT2D eigenvalue weighted by molar-refractivity contribution is 0.526. The summed E-state index contributed by atoms with van der Waals surface area (Å²) in [5, 5.41) is 3.58. The van der Waals surface area contributed by atoms with Crippen LogP contribution in [0.4, 0.5) is 0 Å². The molecule has 108 valence electrons. The molecule has 0 saturated carbocycles. The predicted molar refractivity (Wildman–Crippen MR) is 86.2 cm³/mol. The molecular weight excluding hydrogens is 266 g/mol.